The molecule has 0 aromatic heterocycles. The number of carboxylic acids is 1. The van der Waals surface area contributed by atoms with Gasteiger partial charge in [0.05, 0.1) is 5.71 Å². The lowest BCUT2D eigenvalue weighted by Crippen LogP contribution is -2.19. The lowest BCUT2D eigenvalue weighted by molar-refractivity contribution is -0.148. The molecular weight excluding hydrogens is 262 g/mol. The first kappa shape index (κ1) is 10.2. The molecule has 1 N–H and O–H groups in total. The van der Waals surface area contributed by atoms with Crippen molar-refractivity contribution in [3.63, 3.8) is 0 Å². The van der Waals surface area contributed by atoms with Gasteiger partial charge in [0.25, 0.3) is 0 Å². The molecule has 5 heteroatoms. The van der Waals surface area contributed by atoms with Gasteiger partial charge in [-0.05, 0) is 12.1 Å². The van der Waals surface area contributed by atoms with Gasteiger partial charge in [0.1, 0.15) is 0 Å². The molecule has 1 aliphatic heterocycles. The van der Waals surface area contributed by atoms with E-state index in [1.807, 2.05) is 24.3 Å². The fourth-order valence-electron chi connectivity index (χ4n) is 1.35. The molecule has 0 fully saturated rings. The third-order valence-corrected chi connectivity index (χ3v) is 2.60. The van der Waals surface area contributed by atoms with Gasteiger partial charge in [-0.25, -0.2) is 4.79 Å². The van der Waals surface area contributed by atoms with Gasteiger partial charge in [0.15, 0.2) is 0 Å². The maximum absolute atomic E-state index is 10.6. The van der Waals surface area contributed by atoms with Crippen LogP contribution in [0.15, 0.2) is 33.9 Å². The standard InChI is InChI=1S/C10H8BrNO3/c11-7-3-1-2-6(4-7)8-5-9(10(13)14)15-12-8/h1-4,9H,5H2,(H,13,14). The van der Waals surface area contributed by atoms with E-state index in [2.05, 4.69) is 21.1 Å². The van der Waals surface area contributed by atoms with Crippen LogP contribution >= 0.6 is 15.9 Å². The van der Waals surface area contributed by atoms with Gasteiger partial charge in [0, 0.05) is 16.5 Å². The summed E-state index contributed by atoms with van der Waals surface area (Å²) in [5, 5.41) is 12.5. The van der Waals surface area contributed by atoms with Crippen LogP contribution in [0.25, 0.3) is 0 Å². The van der Waals surface area contributed by atoms with Gasteiger partial charge < -0.3 is 9.94 Å². The molecule has 78 valence electrons. The highest BCUT2D eigenvalue weighted by molar-refractivity contribution is 9.10. The molecule has 1 aromatic carbocycles. The van der Waals surface area contributed by atoms with Crippen molar-refractivity contribution in [2.75, 3.05) is 0 Å². The summed E-state index contributed by atoms with van der Waals surface area (Å²) in [5.74, 6) is -0.983. The Morgan fingerprint density at radius 1 is 1.60 bits per heavy atom. The fourth-order valence-corrected chi connectivity index (χ4v) is 1.75. The zero-order chi connectivity index (χ0) is 10.8. The molecule has 1 atom stereocenters. The van der Waals surface area contributed by atoms with Crippen molar-refractivity contribution in [2.24, 2.45) is 5.16 Å². The second-order valence-corrected chi connectivity index (χ2v) is 4.10. The average molecular weight is 270 g/mol. The van der Waals surface area contributed by atoms with Gasteiger partial charge in [-0.15, -0.1) is 0 Å². The van der Waals surface area contributed by atoms with E-state index in [-0.39, 0.29) is 0 Å². The van der Waals surface area contributed by atoms with Gasteiger partial charge in [-0.3, -0.25) is 0 Å². The quantitative estimate of drug-likeness (QED) is 0.894. The molecule has 2 rings (SSSR count). The Bertz CT molecular complexity index is 430. The van der Waals surface area contributed by atoms with Crippen molar-refractivity contribution < 1.29 is 14.7 Å². The Morgan fingerprint density at radius 3 is 3.00 bits per heavy atom. The summed E-state index contributed by atoms with van der Waals surface area (Å²) in [4.78, 5) is 15.4. The third-order valence-electron chi connectivity index (χ3n) is 2.10. The molecule has 4 nitrogen and oxygen atoms in total. The van der Waals surface area contributed by atoms with E-state index < -0.39 is 12.1 Å². The largest absolute Gasteiger partial charge is 0.478 e. The highest BCUT2D eigenvalue weighted by Gasteiger charge is 2.28. The van der Waals surface area contributed by atoms with Crippen LogP contribution in [0.2, 0.25) is 0 Å². The minimum Gasteiger partial charge on any atom is -0.478 e. The van der Waals surface area contributed by atoms with Gasteiger partial charge in [-0.1, -0.05) is 33.2 Å². The second kappa shape index (κ2) is 4.02. The lowest BCUT2D eigenvalue weighted by atomic mass is 10.1. The van der Waals surface area contributed by atoms with Crippen LogP contribution in [0.5, 0.6) is 0 Å². The summed E-state index contributed by atoms with van der Waals surface area (Å²) in [6.45, 7) is 0. The van der Waals surface area contributed by atoms with E-state index in [9.17, 15) is 4.79 Å². The first-order valence-corrected chi connectivity index (χ1v) is 5.17. The molecule has 0 aliphatic carbocycles. The maximum atomic E-state index is 10.6. The number of hydrogen-bond donors (Lipinski definition) is 1. The summed E-state index contributed by atoms with van der Waals surface area (Å²) < 4.78 is 0.932. The van der Waals surface area contributed by atoms with Crippen molar-refractivity contribution in [3.8, 4) is 0 Å². The van der Waals surface area contributed by atoms with Crippen LogP contribution < -0.4 is 0 Å². The normalized spacial score (nSPS) is 19.5. The van der Waals surface area contributed by atoms with Crippen molar-refractivity contribution >= 4 is 27.6 Å². The van der Waals surface area contributed by atoms with Crippen LogP contribution in [0, 0.1) is 0 Å². The van der Waals surface area contributed by atoms with E-state index in [0.29, 0.717) is 12.1 Å². The van der Waals surface area contributed by atoms with Crippen LogP contribution in [0.3, 0.4) is 0 Å². The maximum Gasteiger partial charge on any atom is 0.348 e. The number of aliphatic carboxylic acids is 1. The van der Waals surface area contributed by atoms with Gasteiger partial charge >= 0.3 is 5.97 Å². The first-order chi connectivity index (χ1) is 7.16. The van der Waals surface area contributed by atoms with Crippen LogP contribution in [0.4, 0.5) is 0 Å². The first-order valence-electron chi connectivity index (χ1n) is 4.38. The number of benzene rings is 1. The van der Waals surface area contributed by atoms with E-state index in [0.717, 1.165) is 10.0 Å². The molecule has 0 saturated heterocycles. The van der Waals surface area contributed by atoms with Crippen LogP contribution in [-0.4, -0.2) is 22.9 Å². The Hall–Kier alpha value is -1.36. The summed E-state index contributed by atoms with van der Waals surface area (Å²) in [6.07, 6.45) is -0.537. The highest BCUT2D eigenvalue weighted by atomic mass is 79.9. The van der Waals surface area contributed by atoms with Gasteiger partial charge in [0.2, 0.25) is 6.10 Å². The third kappa shape index (κ3) is 2.18. The summed E-state index contributed by atoms with van der Waals surface area (Å²) in [6, 6.07) is 7.52. The number of carbonyl (C=O) groups is 1. The van der Waals surface area contributed by atoms with Crippen LogP contribution in [-0.2, 0) is 9.63 Å². The Labute approximate surface area is 94.7 Å². The number of hydrogen-bond acceptors (Lipinski definition) is 3. The zero-order valence-electron chi connectivity index (χ0n) is 7.68. The molecule has 0 radical (unpaired) electrons. The molecule has 1 aromatic rings. The zero-order valence-corrected chi connectivity index (χ0v) is 9.27. The van der Waals surface area contributed by atoms with E-state index in [1.165, 1.54) is 0 Å². The molecule has 0 amide bonds. The number of oxime groups is 1. The fraction of sp³-hybridized carbons (Fsp3) is 0.200. The molecule has 0 spiro atoms. The number of carboxylic acid groups (broad SMARTS) is 1. The van der Waals surface area contributed by atoms with Crippen LogP contribution in [0.1, 0.15) is 12.0 Å². The Morgan fingerprint density at radius 2 is 2.40 bits per heavy atom. The number of halogens is 1. The van der Waals surface area contributed by atoms with Crippen molar-refractivity contribution in [2.45, 2.75) is 12.5 Å². The summed E-state index contributed by atoms with van der Waals surface area (Å²) in [5.41, 5.74) is 1.55. The lowest BCUT2D eigenvalue weighted by Gasteiger charge is -2.00. The Balaban J connectivity index is 2.17. The molecule has 1 heterocycles. The molecule has 15 heavy (non-hydrogen) atoms. The molecule has 1 aliphatic rings. The van der Waals surface area contributed by atoms with Crippen molar-refractivity contribution in [3.05, 3.63) is 34.3 Å². The summed E-state index contributed by atoms with van der Waals surface area (Å²) >= 11 is 3.34. The van der Waals surface area contributed by atoms with Gasteiger partial charge in [-0.2, -0.15) is 0 Å². The van der Waals surface area contributed by atoms with Crippen molar-refractivity contribution in [1.82, 2.24) is 0 Å². The molecule has 0 saturated carbocycles. The smallest absolute Gasteiger partial charge is 0.348 e. The van der Waals surface area contributed by atoms with Crippen molar-refractivity contribution in [1.29, 1.82) is 0 Å². The van der Waals surface area contributed by atoms with E-state index in [1.54, 1.807) is 0 Å². The van der Waals surface area contributed by atoms with E-state index in [4.69, 9.17) is 9.94 Å². The predicted octanol–water partition coefficient (Wildman–Crippen LogP) is 2.03. The monoisotopic (exact) mass is 269 g/mol. The Kier molecular flexibility index (Phi) is 2.73. The number of nitrogens with zero attached hydrogens (tertiary/aromatic N) is 1. The minimum absolute atomic E-state index is 0.311. The summed E-state index contributed by atoms with van der Waals surface area (Å²) in [7, 11) is 0. The van der Waals surface area contributed by atoms with E-state index >= 15 is 0 Å². The predicted molar refractivity (Wildman–Crippen MR) is 57.8 cm³/mol. The highest BCUT2D eigenvalue weighted by Crippen LogP contribution is 2.19. The second-order valence-electron chi connectivity index (χ2n) is 3.18. The average Bonchev–Trinajstić information content (AvgIpc) is 2.66. The number of rotatable bonds is 2. The SMILES string of the molecule is O=C(O)C1CC(c2cccc(Br)c2)=NO1. The molecule has 1 unspecified atom stereocenters. The molecule has 0 bridgehead atoms. The minimum atomic E-state index is -0.983. The topological polar surface area (TPSA) is 58.9 Å². The molecular formula is C10H8BrNO3.